The van der Waals surface area contributed by atoms with Gasteiger partial charge in [-0.25, -0.2) is 0 Å². The van der Waals surface area contributed by atoms with E-state index in [2.05, 4.69) is 42.3 Å². The maximum atomic E-state index is 10.2. The second-order valence-electron chi connectivity index (χ2n) is 5.22. The van der Waals surface area contributed by atoms with Crippen molar-refractivity contribution in [2.45, 2.75) is 26.5 Å². The maximum Gasteiger partial charge on any atom is 0.137 e. The molecule has 2 N–H and O–H groups in total. The Hall–Kier alpha value is -1.91. The average Bonchev–Trinajstić information content (AvgIpc) is 2.50. The molecule has 1 aromatic heterocycles. The van der Waals surface area contributed by atoms with Crippen molar-refractivity contribution in [1.82, 2.24) is 10.3 Å². The van der Waals surface area contributed by atoms with Crippen molar-refractivity contribution in [3.63, 3.8) is 0 Å². The Morgan fingerprint density at radius 1 is 1.19 bits per heavy atom. The second kappa shape index (κ2) is 7.20. The number of nitrogens with zero attached hydrogens (tertiary/aromatic N) is 1. The van der Waals surface area contributed by atoms with Gasteiger partial charge in [-0.2, -0.15) is 0 Å². The number of aromatic nitrogens is 1. The van der Waals surface area contributed by atoms with Crippen LogP contribution in [0, 0.1) is 13.8 Å². The van der Waals surface area contributed by atoms with Gasteiger partial charge < -0.3 is 15.2 Å². The fourth-order valence-corrected chi connectivity index (χ4v) is 2.11. The molecule has 4 heteroatoms. The van der Waals surface area contributed by atoms with E-state index in [-0.39, 0.29) is 0 Å². The number of pyridine rings is 1. The van der Waals surface area contributed by atoms with Gasteiger partial charge in [0.2, 0.25) is 0 Å². The zero-order valence-corrected chi connectivity index (χ0v) is 12.8. The van der Waals surface area contributed by atoms with Gasteiger partial charge in [-0.3, -0.25) is 4.98 Å². The molecular formula is C17H22N2O2. The highest BCUT2D eigenvalue weighted by Gasteiger charge is 2.08. The first-order valence-electron chi connectivity index (χ1n) is 7.04. The Bertz CT molecular complexity index is 599. The number of nitrogens with one attached hydrogen (secondary N) is 1. The lowest BCUT2D eigenvalue weighted by Crippen LogP contribution is -2.21. The van der Waals surface area contributed by atoms with E-state index in [1.54, 1.807) is 25.6 Å². The van der Waals surface area contributed by atoms with Gasteiger partial charge in [0, 0.05) is 24.8 Å². The Morgan fingerprint density at radius 3 is 2.71 bits per heavy atom. The highest BCUT2D eigenvalue weighted by molar-refractivity contribution is 5.30. The fourth-order valence-electron chi connectivity index (χ4n) is 2.11. The number of aryl methyl sites for hydroxylation is 2. The Labute approximate surface area is 125 Å². The minimum absolute atomic E-state index is 0.474. The lowest BCUT2D eigenvalue weighted by Gasteiger charge is -2.13. The van der Waals surface area contributed by atoms with E-state index in [1.807, 2.05) is 0 Å². The molecule has 0 aliphatic heterocycles. The number of benzene rings is 1. The minimum atomic E-state index is -0.598. The molecule has 1 heterocycles. The minimum Gasteiger partial charge on any atom is -0.495 e. The summed E-state index contributed by atoms with van der Waals surface area (Å²) in [6.07, 6.45) is 2.68. The number of aliphatic hydroxyl groups excluding tert-OH is 1. The monoisotopic (exact) mass is 286 g/mol. The van der Waals surface area contributed by atoms with Gasteiger partial charge in [0.1, 0.15) is 5.75 Å². The van der Waals surface area contributed by atoms with Crippen LogP contribution in [0.4, 0.5) is 0 Å². The first-order valence-corrected chi connectivity index (χ1v) is 7.04. The van der Waals surface area contributed by atoms with Crippen molar-refractivity contribution in [3.8, 4) is 5.75 Å². The van der Waals surface area contributed by atoms with Gasteiger partial charge in [-0.15, -0.1) is 0 Å². The lowest BCUT2D eigenvalue weighted by atomic mass is 10.1. The summed E-state index contributed by atoms with van der Waals surface area (Å²) in [6, 6.07) is 8.20. The Kier molecular flexibility index (Phi) is 5.31. The normalized spacial score (nSPS) is 12.2. The fraction of sp³-hybridized carbons (Fsp3) is 0.353. The van der Waals surface area contributed by atoms with Crippen LogP contribution in [0.15, 0.2) is 36.7 Å². The summed E-state index contributed by atoms with van der Waals surface area (Å²) in [5, 5.41) is 13.4. The van der Waals surface area contributed by atoms with E-state index in [9.17, 15) is 5.11 Å². The summed E-state index contributed by atoms with van der Waals surface area (Å²) in [4.78, 5) is 4.05. The van der Waals surface area contributed by atoms with E-state index in [4.69, 9.17) is 4.74 Å². The molecule has 0 fully saturated rings. The van der Waals surface area contributed by atoms with Crippen molar-refractivity contribution < 1.29 is 9.84 Å². The van der Waals surface area contributed by atoms with E-state index in [0.717, 1.165) is 12.1 Å². The van der Waals surface area contributed by atoms with Gasteiger partial charge >= 0.3 is 0 Å². The predicted octanol–water partition coefficient (Wildman–Crippen LogP) is 2.53. The number of hydrogen-bond acceptors (Lipinski definition) is 4. The molecular weight excluding hydrogens is 264 g/mol. The van der Waals surface area contributed by atoms with Crippen LogP contribution in [0.25, 0.3) is 0 Å². The van der Waals surface area contributed by atoms with E-state index < -0.39 is 6.10 Å². The largest absolute Gasteiger partial charge is 0.495 e. The van der Waals surface area contributed by atoms with Gasteiger partial charge in [-0.1, -0.05) is 18.2 Å². The molecule has 0 saturated carbocycles. The van der Waals surface area contributed by atoms with Crippen LogP contribution in [0.5, 0.6) is 5.75 Å². The van der Waals surface area contributed by atoms with E-state index in [0.29, 0.717) is 12.3 Å². The highest BCUT2D eigenvalue weighted by Crippen LogP contribution is 2.17. The third-order valence-electron chi connectivity index (χ3n) is 3.59. The standard InChI is InChI=1S/C17H22N2O2/c1-12-4-5-14(6-13(12)2)8-18-11-17(20)15-7-16(21-3)10-19-9-15/h4-7,9-10,17-18,20H,8,11H2,1-3H3. The molecule has 0 radical (unpaired) electrons. The molecule has 1 atom stereocenters. The van der Waals surface area contributed by atoms with Crippen LogP contribution in [-0.2, 0) is 6.54 Å². The Balaban J connectivity index is 1.88. The third kappa shape index (κ3) is 4.28. The van der Waals surface area contributed by atoms with Gasteiger partial charge in [-0.05, 0) is 36.6 Å². The summed E-state index contributed by atoms with van der Waals surface area (Å²) < 4.78 is 5.11. The van der Waals surface area contributed by atoms with Crippen molar-refractivity contribution in [3.05, 3.63) is 58.9 Å². The SMILES string of the molecule is COc1cncc(C(O)CNCc2ccc(C)c(C)c2)c1. The summed E-state index contributed by atoms with van der Waals surface area (Å²) in [7, 11) is 1.59. The third-order valence-corrected chi connectivity index (χ3v) is 3.59. The zero-order chi connectivity index (χ0) is 15.2. The molecule has 0 aliphatic carbocycles. The number of hydrogen-bond donors (Lipinski definition) is 2. The molecule has 21 heavy (non-hydrogen) atoms. The first-order chi connectivity index (χ1) is 10.1. The maximum absolute atomic E-state index is 10.2. The smallest absolute Gasteiger partial charge is 0.137 e. The van der Waals surface area contributed by atoms with Gasteiger partial charge in [0.05, 0.1) is 19.4 Å². The molecule has 2 aromatic rings. The lowest BCUT2D eigenvalue weighted by molar-refractivity contribution is 0.173. The van der Waals surface area contributed by atoms with Crippen LogP contribution >= 0.6 is 0 Å². The number of aliphatic hydroxyl groups is 1. The summed E-state index contributed by atoms with van der Waals surface area (Å²) in [5.41, 5.74) is 4.55. The molecule has 0 saturated heterocycles. The first kappa shape index (κ1) is 15.5. The summed E-state index contributed by atoms with van der Waals surface area (Å²) >= 11 is 0. The molecule has 112 valence electrons. The average molecular weight is 286 g/mol. The van der Waals surface area contributed by atoms with Gasteiger partial charge in [0.15, 0.2) is 0 Å². The van der Waals surface area contributed by atoms with Crippen LogP contribution in [0.2, 0.25) is 0 Å². The molecule has 1 aromatic carbocycles. The van der Waals surface area contributed by atoms with Crippen LogP contribution in [0.1, 0.15) is 28.4 Å². The van der Waals surface area contributed by atoms with Crippen LogP contribution in [-0.4, -0.2) is 23.7 Å². The van der Waals surface area contributed by atoms with Crippen molar-refractivity contribution in [2.75, 3.05) is 13.7 Å². The van der Waals surface area contributed by atoms with Crippen molar-refractivity contribution in [1.29, 1.82) is 0 Å². The number of rotatable bonds is 6. The Morgan fingerprint density at radius 2 is 2.00 bits per heavy atom. The van der Waals surface area contributed by atoms with Crippen LogP contribution < -0.4 is 10.1 Å². The van der Waals surface area contributed by atoms with Crippen molar-refractivity contribution >= 4 is 0 Å². The van der Waals surface area contributed by atoms with E-state index in [1.165, 1.54) is 16.7 Å². The molecule has 0 bridgehead atoms. The number of methoxy groups -OCH3 is 1. The summed E-state index contributed by atoms with van der Waals surface area (Å²) in [5.74, 6) is 0.653. The zero-order valence-electron chi connectivity index (χ0n) is 12.8. The molecule has 0 spiro atoms. The molecule has 4 nitrogen and oxygen atoms in total. The molecule has 0 aliphatic rings. The quantitative estimate of drug-likeness (QED) is 0.857. The van der Waals surface area contributed by atoms with Crippen molar-refractivity contribution in [2.24, 2.45) is 0 Å². The second-order valence-corrected chi connectivity index (χ2v) is 5.22. The van der Waals surface area contributed by atoms with E-state index >= 15 is 0 Å². The highest BCUT2D eigenvalue weighted by atomic mass is 16.5. The topological polar surface area (TPSA) is 54.4 Å². The predicted molar refractivity (Wildman–Crippen MR) is 83.4 cm³/mol. The molecule has 2 rings (SSSR count). The van der Waals surface area contributed by atoms with Crippen LogP contribution in [0.3, 0.4) is 0 Å². The van der Waals surface area contributed by atoms with Gasteiger partial charge in [0.25, 0.3) is 0 Å². The number of ether oxygens (including phenoxy) is 1. The molecule has 1 unspecified atom stereocenters. The molecule has 0 amide bonds. The summed E-state index contributed by atoms with van der Waals surface area (Å²) in [6.45, 7) is 5.42.